The maximum atomic E-state index is 12.7. The second-order valence-electron chi connectivity index (χ2n) is 6.07. The van der Waals surface area contributed by atoms with Crippen LogP contribution in [0.25, 0.3) is 0 Å². The lowest BCUT2D eigenvalue weighted by atomic mass is 10.0. The van der Waals surface area contributed by atoms with Gasteiger partial charge in [0.1, 0.15) is 5.75 Å². The summed E-state index contributed by atoms with van der Waals surface area (Å²) in [6.07, 6.45) is 1.65. The standard InChI is InChI=1S/C21H22N2O3/c1-15(21(24)23-17-11-6-7-12-18(17)25-2)22-20(19-13-8-14-26-19)16-9-4-3-5-10-16/h3-15,20,22H,1-2H3,(H,23,24)/p+1/t15-,20-/m0/s1. The first-order valence-corrected chi connectivity index (χ1v) is 8.56. The fourth-order valence-corrected chi connectivity index (χ4v) is 2.87. The zero-order valence-corrected chi connectivity index (χ0v) is 14.9. The van der Waals surface area contributed by atoms with Gasteiger partial charge < -0.3 is 19.8 Å². The van der Waals surface area contributed by atoms with Crippen LogP contribution in [0.2, 0.25) is 0 Å². The largest absolute Gasteiger partial charge is 0.495 e. The Balaban J connectivity index is 1.75. The molecule has 3 rings (SSSR count). The zero-order valence-electron chi connectivity index (χ0n) is 14.9. The van der Waals surface area contributed by atoms with Crippen LogP contribution in [-0.2, 0) is 4.79 Å². The highest BCUT2D eigenvalue weighted by atomic mass is 16.5. The molecule has 1 heterocycles. The van der Waals surface area contributed by atoms with Gasteiger partial charge in [-0.2, -0.15) is 0 Å². The molecule has 2 aromatic carbocycles. The first kappa shape index (κ1) is 17.8. The van der Waals surface area contributed by atoms with Gasteiger partial charge in [-0.05, 0) is 31.2 Å². The van der Waals surface area contributed by atoms with Gasteiger partial charge in [0.05, 0.1) is 19.1 Å². The molecule has 3 aromatic rings. The molecule has 0 aliphatic heterocycles. The van der Waals surface area contributed by atoms with Gasteiger partial charge in [-0.3, -0.25) is 4.79 Å². The predicted molar refractivity (Wildman–Crippen MR) is 100 cm³/mol. The van der Waals surface area contributed by atoms with Crippen LogP contribution in [0.3, 0.4) is 0 Å². The second kappa shape index (κ2) is 8.36. The molecule has 1 amide bonds. The van der Waals surface area contributed by atoms with Crippen LogP contribution in [0.4, 0.5) is 5.69 Å². The van der Waals surface area contributed by atoms with E-state index in [1.807, 2.05) is 79.0 Å². The first-order valence-electron chi connectivity index (χ1n) is 8.56. The molecule has 0 saturated carbocycles. The molecule has 5 nitrogen and oxygen atoms in total. The Hall–Kier alpha value is -3.05. The topological polar surface area (TPSA) is 68.1 Å². The predicted octanol–water partition coefficient (Wildman–Crippen LogP) is 2.97. The number of amides is 1. The lowest BCUT2D eigenvalue weighted by Gasteiger charge is -2.19. The Morgan fingerprint density at radius 1 is 1.04 bits per heavy atom. The number of hydrogen-bond acceptors (Lipinski definition) is 3. The number of benzene rings is 2. The molecule has 0 aliphatic rings. The highest BCUT2D eigenvalue weighted by Crippen LogP contribution is 2.23. The Morgan fingerprint density at radius 2 is 1.77 bits per heavy atom. The van der Waals surface area contributed by atoms with E-state index in [4.69, 9.17) is 9.15 Å². The van der Waals surface area contributed by atoms with Crippen molar-refractivity contribution in [2.75, 3.05) is 12.4 Å². The summed E-state index contributed by atoms with van der Waals surface area (Å²) >= 11 is 0. The van der Waals surface area contributed by atoms with Gasteiger partial charge in [0, 0.05) is 5.56 Å². The molecular formula is C21H23N2O3+. The first-order chi connectivity index (χ1) is 12.7. The van der Waals surface area contributed by atoms with E-state index in [1.54, 1.807) is 13.4 Å². The number of carbonyl (C=O) groups is 1. The SMILES string of the molecule is COc1ccccc1NC(=O)[C@H](C)[NH2+][C@@H](c1ccccc1)c1ccco1. The number of rotatable bonds is 7. The number of furan rings is 1. The molecule has 0 unspecified atom stereocenters. The minimum Gasteiger partial charge on any atom is -0.495 e. The molecule has 0 fully saturated rings. The smallest absolute Gasteiger partial charge is 0.282 e. The van der Waals surface area contributed by atoms with Crippen LogP contribution >= 0.6 is 0 Å². The van der Waals surface area contributed by atoms with Gasteiger partial charge >= 0.3 is 0 Å². The number of nitrogens with one attached hydrogen (secondary N) is 1. The van der Waals surface area contributed by atoms with E-state index in [0.29, 0.717) is 11.4 Å². The van der Waals surface area contributed by atoms with Crippen LogP contribution < -0.4 is 15.4 Å². The van der Waals surface area contributed by atoms with Crippen molar-refractivity contribution in [3.63, 3.8) is 0 Å². The highest BCUT2D eigenvalue weighted by molar-refractivity contribution is 5.94. The van der Waals surface area contributed by atoms with Crippen molar-refractivity contribution in [1.29, 1.82) is 0 Å². The summed E-state index contributed by atoms with van der Waals surface area (Å²) in [5, 5.41) is 4.94. The van der Waals surface area contributed by atoms with Crippen molar-refractivity contribution >= 4 is 11.6 Å². The summed E-state index contributed by atoms with van der Waals surface area (Å²) in [4.78, 5) is 12.7. The zero-order chi connectivity index (χ0) is 18.4. The van der Waals surface area contributed by atoms with Crippen molar-refractivity contribution in [3.05, 3.63) is 84.3 Å². The minimum atomic E-state index is -0.324. The summed E-state index contributed by atoms with van der Waals surface area (Å²) in [6, 6.07) is 20.8. The lowest BCUT2D eigenvalue weighted by Crippen LogP contribution is -2.92. The molecule has 0 bridgehead atoms. The van der Waals surface area contributed by atoms with Crippen LogP contribution in [0.1, 0.15) is 24.3 Å². The third-order valence-electron chi connectivity index (χ3n) is 4.27. The van der Waals surface area contributed by atoms with Crippen molar-refractivity contribution < 1.29 is 19.3 Å². The molecule has 3 N–H and O–H groups in total. The fourth-order valence-electron chi connectivity index (χ4n) is 2.87. The van der Waals surface area contributed by atoms with Crippen molar-refractivity contribution in [2.45, 2.75) is 19.0 Å². The van der Waals surface area contributed by atoms with Gasteiger partial charge in [0.25, 0.3) is 5.91 Å². The summed E-state index contributed by atoms with van der Waals surface area (Å²) in [5.41, 5.74) is 1.74. The Bertz CT molecular complexity index is 831. The molecule has 1 aromatic heterocycles. The van der Waals surface area contributed by atoms with E-state index in [0.717, 1.165) is 11.3 Å². The maximum absolute atomic E-state index is 12.7. The monoisotopic (exact) mass is 351 g/mol. The number of carbonyl (C=O) groups excluding carboxylic acids is 1. The molecule has 0 radical (unpaired) electrons. The fraction of sp³-hybridized carbons (Fsp3) is 0.190. The van der Waals surface area contributed by atoms with Gasteiger partial charge in [0.15, 0.2) is 17.8 Å². The average Bonchev–Trinajstić information content (AvgIpc) is 3.21. The molecule has 26 heavy (non-hydrogen) atoms. The number of para-hydroxylation sites is 2. The number of hydrogen-bond donors (Lipinski definition) is 2. The summed E-state index contributed by atoms with van der Waals surface area (Å²) in [7, 11) is 1.59. The van der Waals surface area contributed by atoms with Crippen molar-refractivity contribution in [3.8, 4) is 5.75 Å². The van der Waals surface area contributed by atoms with Gasteiger partial charge in [-0.15, -0.1) is 0 Å². The summed E-state index contributed by atoms with van der Waals surface area (Å²) < 4.78 is 10.9. The Morgan fingerprint density at radius 3 is 2.46 bits per heavy atom. The third-order valence-corrected chi connectivity index (χ3v) is 4.27. The summed E-state index contributed by atoms with van der Waals surface area (Å²) in [6.45, 7) is 1.88. The molecule has 0 aliphatic carbocycles. The molecule has 2 atom stereocenters. The normalized spacial score (nSPS) is 13.0. The number of quaternary nitrogens is 1. The van der Waals surface area contributed by atoms with Crippen molar-refractivity contribution in [1.82, 2.24) is 0 Å². The quantitative estimate of drug-likeness (QED) is 0.688. The van der Waals surface area contributed by atoms with Crippen LogP contribution in [-0.4, -0.2) is 19.1 Å². The maximum Gasteiger partial charge on any atom is 0.282 e. The molecule has 134 valence electrons. The van der Waals surface area contributed by atoms with Crippen LogP contribution in [0.5, 0.6) is 5.75 Å². The van der Waals surface area contributed by atoms with E-state index in [1.165, 1.54) is 0 Å². The van der Waals surface area contributed by atoms with E-state index in [2.05, 4.69) is 5.32 Å². The van der Waals surface area contributed by atoms with Crippen LogP contribution in [0.15, 0.2) is 77.4 Å². The second-order valence-corrected chi connectivity index (χ2v) is 6.07. The number of methoxy groups -OCH3 is 1. The van der Waals surface area contributed by atoms with Gasteiger partial charge in [-0.1, -0.05) is 42.5 Å². The molecular weight excluding hydrogens is 328 g/mol. The van der Waals surface area contributed by atoms with Gasteiger partial charge in [-0.25, -0.2) is 0 Å². The van der Waals surface area contributed by atoms with E-state index in [-0.39, 0.29) is 18.0 Å². The highest BCUT2D eigenvalue weighted by Gasteiger charge is 2.27. The van der Waals surface area contributed by atoms with E-state index in [9.17, 15) is 4.79 Å². The van der Waals surface area contributed by atoms with Crippen LogP contribution in [0, 0.1) is 0 Å². The Kier molecular flexibility index (Phi) is 5.71. The lowest BCUT2D eigenvalue weighted by molar-refractivity contribution is -0.706. The number of nitrogens with two attached hydrogens (primary N) is 1. The van der Waals surface area contributed by atoms with E-state index < -0.39 is 0 Å². The van der Waals surface area contributed by atoms with E-state index >= 15 is 0 Å². The Labute approximate surface area is 153 Å². The number of anilines is 1. The molecule has 0 saturated heterocycles. The molecule has 0 spiro atoms. The van der Waals surface area contributed by atoms with Crippen molar-refractivity contribution in [2.24, 2.45) is 0 Å². The van der Waals surface area contributed by atoms with Gasteiger partial charge in [0.2, 0.25) is 0 Å². The molecule has 5 heteroatoms. The minimum absolute atomic E-state index is 0.0929. The number of ether oxygens (including phenoxy) is 1. The third kappa shape index (κ3) is 4.13. The summed E-state index contributed by atoms with van der Waals surface area (Å²) in [5.74, 6) is 1.36. The average molecular weight is 351 g/mol.